The Hall–Kier alpha value is -2.45. The summed E-state index contributed by atoms with van der Waals surface area (Å²) in [6.07, 6.45) is 0. The Morgan fingerprint density at radius 3 is 2.36 bits per heavy atom. The summed E-state index contributed by atoms with van der Waals surface area (Å²) in [5.41, 5.74) is 3.59. The SMILES string of the molecule is Cc1cccc(-c2ccc3sc4ccccc4c(=O)c3c2)c1. The lowest BCUT2D eigenvalue weighted by atomic mass is 10.0. The molecule has 1 nitrogen and oxygen atoms in total. The quantitative estimate of drug-likeness (QED) is 0.431. The van der Waals surface area contributed by atoms with Gasteiger partial charge in [0.15, 0.2) is 5.43 Å². The van der Waals surface area contributed by atoms with Crippen molar-refractivity contribution >= 4 is 31.5 Å². The summed E-state index contributed by atoms with van der Waals surface area (Å²) in [6, 6.07) is 22.4. The minimum atomic E-state index is 0.124. The van der Waals surface area contributed by atoms with E-state index in [1.54, 1.807) is 11.3 Å². The predicted octanol–water partition coefficient (Wildman–Crippen LogP) is 5.39. The highest BCUT2D eigenvalue weighted by Gasteiger charge is 2.07. The van der Waals surface area contributed by atoms with Gasteiger partial charge < -0.3 is 0 Å². The predicted molar refractivity (Wildman–Crippen MR) is 95.8 cm³/mol. The van der Waals surface area contributed by atoms with Crippen LogP contribution in [-0.4, -0.2) is 0 Å². The molecule has 106 valence electrons. The van der Waals surface area contributed by atoms with Crippen molar-refractivity contribution in [3.63, 3.8) is 0 Å². The number of rotatable bonds is 1. The molecule has 0 amide bonds. The summed E-state index contributed by atoms with van der Waals surface area (Å²) >= 11 is 1.67. The summed E-state index contributed by atoms with van der Waals surface area (Å²) in [4.78, 5) is 12.7. The van der Waals surface area contributed by atoms with Crippen LogP contribution in [0.1, 0.15) is 5.56 Å². The van der Waals surface area contributed by atoms with Gasteiger partial charge >= 0.3 is 0 Å². The van der Waals surface area contributed by atoms with Gasteiger partial charge in [-0.2, -0.15) is 0 Å². The number of hydrogen-bond acceptors (Lipinski definition) is 2. The van der Waals surface area contributed by atoms with E-state index in [1.165, 1.54) is 5.56 Å². The summed E-state index contributed by atoms with van der Waals surface area (Å²) in [5.74, 6) is 0. The summed E-state index contributed by atoms with van der Waals surface area (Å²) in [6.45, 7) is 2.08. The molecule has 2 heteroatoms. The highest BCUT2D eigenvalue weighted by Crippen LogP contribution is 2.28. The Bertz CT molecular complexity index is 1060. The Labute approximate surface area is 132 Å². The molecular weight excluding hydrogens is 288 g/mol. The smallest absolute Gasteiger partial charge is 0.195 e. The third-order valence-corrected chi connectivity index (χ3v) is 5.08. The average molecular weight is 302 g/mol. The fourth-order valence-corrected chi connectivity index (χ4v) is 3.86. The molecule has 4 aromatic rings. The molecule has 0 aliphatic heterocycles. The molecule has 0 saturated carbocycles. The first-order valence-corrected chi connectivity index (χ1v) is 8.07. The van der Waals surface area contributed by atoms with Crippen LogP contribution in [0.4, 0.5) is 0 Å². The molecule has 0 radical (unpaired) electrons. The minimum absolute atomic E-state index is 0.124. The van der Waals surface area contributed by atoms with Crippen LogP contribution < -0.4 is 5.43 Å². The molecule has 0 saturated heterocycles. The first-order valence-electron chi connectivity index (χ1n) is 7.25. The van der Waals surface area contributed by atoms with Crippen LogP contribution in [0.25, 0.3) is 31.3 Å². The van der Waals surface area contributed by atoms with E-state index >= 15 is 0 Å². The largest absolute Gasteiger partial charge is 0.289 e. The Morgan fingerprint density at radius 1 is 0.727 bits per heavy atom. The molecule has 22 heavy (non-hydrogen) atoms. The molecule has 4 rings (SSSR count). The molecule has 0 bridgehead atoms. The van der Waals surface area contributed by atoms with Crippen molar-refractivity contribution in [3.8, 4) is 11.1 Å². The molecule has 0 atom stereocenters. The van der Waals surface area contributed by atoms with Gasteiger partial charge in [-0.15, -0.1) is 11.3 Å². The van der Waals surface area contributed by atoms with Crippen molar-refractivity contribution in [1.29, 1.82) is 0 Å². The molecule has 0 spiro atoms. The van der Waals surface area contributed by atoms with Crippen molar-refractivity contribution in [2.24, 2.45) is 0 Å². The molecule has 1 heterocycles. The maximum atomic E-state index is 12.7. The van der Waals surface area contributed by atoms with Gasteiger partial charge in [-0.1, -0.05) is 48.0 Å². The van der Waals surface area contributed by atoms with Gasteiger partial charge in [-0.25, -0.2) is 0 Å². The minimum Gasteiger partial charge on any atom is -0.289 e. The second kappa shape index (κ2) is 5.08. The highest BCUT2D eigenvalue weighted by molar-refractivity contribution is 7.24. The first kappa shape index (κ1) is 13.2. The Kier molecular flexibility index (Phi) is 3.05. The standard InChI is InChI=1S/C20H14OS/c1-13-5-4-6-14(11-13)15-9-10-19-17(12-15)20(21)16-7-2-3-8-18(16)22-19/h2-12H,1H3. The fraction of sp³-hybridized carbons (Fsp3) is 0.0500. The second-order valence-corrected chi connectivity index (χ2v) is 6.59. The van der Waals surface area contributed by atoms with E-state index in [-0.39, 0.29) is 5.43 Å². The van der Waals surface area contributed by atoms with Crippen molar-refractivity contribution in [2.45, 2.75) is 6.92 Å². The van der Waals surface area contributed by atoms with Gasteiger partial charge in [0.1, 0.15) is 0 Å². The van der Waals surface area contributed by atoms with Crippen LogP contribution in [0.2, 0.25) is 0 Å². The number of benzene rings is 3. The zero-order valence-electron chi connectivity index (χ0n) is 12.2. The number of aryl methyl sites for hydroxylation is 1. The van der Waals surface area contributed by atoms with Crippen molar-refractivity contribution in [1.82, 2.24) is 0 Å². The topological polar surface area (TPSA) is 17.1 Å². The first-order chi connectivity index (χ1) is 10.7. The second-order valence-electron chi connectivity index (χ2n) is 5.51. The third-order valence-electron chi connectivity index (χ3n) is 3.93. The van der Waals surface area contributed by atoms with Gasteiger partial charge in [-0.05, 0) is 42.3 Å². The lowest BCUT2D eigenvalue weighted by molar-refractivity contribution is 1.47. The summed E-state index contributed by atoms with van der Waals surface area (Å²) in [7, 11) is 0. The van der Waals surface area contributed by atoms with Crippen LogP contribution in [0.5, 0.6) is 0 Å². The molecule has 0 aliphatic carbocycles. The number of hydrogen-bond donors (Lipinski definition) is 0. The maximum absolute atomic E-state index is 12.7. The summed E-state index contributed by atoms with van der Waals surface area (Å²) < 4.78 is 2.09. The average Bonchev–Trinajstić information content (AvgIpc) is 2.55. The van der Waals surface area contributed by atoms with Crippen LogP contribution in [0.15, 0.2) is 71.5 Å². The Morgan fingerprint density at radius 2 is 1.50 bits per heavy atom. The molecular formula is C20H14OS. The molecule has 0 aliphatic rings. The van der Waals surface area contributed by atoms with Crippen LogP contribution in [0.3, 0.4) is 0 Å². The van der Waals surface area contributed by atoms with E-state index in [0.717, 1.165) is 31.3 Å². The van der Waals surface area contributed by atoms with E-state index in [2.05, 4.69) is 43.3 Å². The zero-order valence-corrected chi connectivity index (χ0v) is 13.0. The highest BCUT2D eigenvalue weighted by atomic mass is 32.1. The molecule has 1 aromatic heterocycles. The molecule has 3 aromatic carbocycles. The Balaban J connectivity index is 2.03. The monoisotopic (exact) mass is 302 g/mol. The summed E-state index contributed by atoms with van der Waals surface area (Å²) in [5, 5.41) is 1.61. The van der Waals surface area contributed by atoms with Crippen molar-refractivity contribution < 1.29 is 0 Å². The van der Waals surface area contributed by atoms with Crippen LogP contribution in [-0.2, 0) is 0 Å². The van der Waals surface area contributed by atoms with Gasteiger partial charge in [0.2, 0.25) is 0 Å². The van der Waals surface area contributed by atoms with Gasteiger partial charge in [0.25, 0.3) is 0 Å². The van der Waals surface area contributed by atoms with E-state index in [0.29, 0.717) is 0 Å². The van der Waals surface area contributed by atoms with Crippen LogP contribution in [0, 0.1) is 6.92 Å². The van der Waals surface area contributed by atoms with E-state index in [4.69, 9.17) is 0 Å². The van der Waals surface area contributed by atoms with E-state index < -0.39 is 0 Å². The van der Waals surface area contributed by atoms with Crippen molar-refractivity contribution in [2.75, 3.05) is 0 Å². The fourth-order valence-electron chi connectivity index (χ4n) is 2.81. The van der Waals surface area contributed by atoms with Crippen molar-refractivity contribution in [3.05, 3.63) is 82.5 Å². The number of fused-ring (bicyclic) bond motifs is 2. The lowest BCUT2D eigenvalue weighted by Gasteiger charge is -2.06. The van der Waals surface area contributed by atoms with Gasteiger partial charge in [0.05, 0.1) is 0 Å². The molecule has 0 fully saturated rings. The van der Waals surface area contributed by atoms with Crippen LogP contribution >= 0.6 is 11.3 Å². The third kappa shape index (κ3) is 2.13. The van der Waals surface area contributed by atoms with Gasteiger partial charge in [-0.3, -0.25) is 4.79 Å². The van der Waals surface area contributed by atoms with Gasteiger partial charge in [0, 0.05) is 20.2 Å². The zero-order chi connectivity index (χ0) is 15.1. The van der Waals surface area contributed by atoms with E-state index in [9.17, 15) is 4.79 Å². The molecule has 0 N–H and O–H groups in total. The normalized spacial score (nSPS) is 11.1. The maximum Gasteiger partial charge on any atom is 0.195 e. The van der Waals surface area contributed by atoms with E-state index in [1.807, 2.05) is 30.3 Å². The molecule has 0 unspecified atom stereocenters. The lowest BCUT2D eigenvalue weighted by Crippen LogP contribution is -2.00.